The highest BCUT2D eigenvalue weighted by Crippen LogP contribution is 2.37. The molecule has 0 aliphatic heterocycles. The van der Waals surface area contributed by atoms with Crippen molar-refractivity contribution in [2.24, 2.45) is 11.1 Å². The van der Waals surface area contributed by atoms with Gasteiger partial charge in [-0.2, -0.15) is 0 Å². The fourth-order valence-corrected chi connectivity index (χ4v) is 4.53. The molecule has 18 heavy (non-hydrogen) atoms. The van der Waals surface area contributed by atoms with Gasteiger partial charge < -0.3 is 10.6 Å². The molecular weight excluding hydrogens is 252 g/mol. The second kappa shape index (κ2) is 5.17. The molecule has 1 aliphatic rings. The Hall–Kier alpha value is -0.620. The Bertz CT molecular complexity index is 415. The van der Waals surface area contributed by atoms with E-state index in [1.165, 1.54) is 4.90 Å². The Balaban J connectivity index is 2.86. The zero-order valence-corrected chi connectivity index (χ0v) is 12.5. The van der Waals surface area contributed by atoms with Crippen molar-refractivity contribution < 1.29 is 13.2 Å². The predicted octanol–water partition coefficient (Wildman–Crippen LogP) is 0.395. The van der Waals surface area contributed by atoms with Crippen molar-refractivity contribution in [2.75, 3.05) is 19.8 Å². The number of nitrogens with zero attached hydrogens (tertiary/aromatic N) is 1. The lowest BCUT2D eigenvalue weighted by atomic mass is 9.75. The Kier molecular flexibility index (Phi) is 4.43. The van der Waals surface area contributed by atoms with E-state index in [0.717, 1.165) is 6.42 Å². The van der Waals surface area contributed by atoms with Crippen LogP contribution in [0.4, 0.5) is 0 Å². The van der Waals surface area contributed by atoms with Gasteiger partial charge in [0.15, 0.2) is 9.84 Å². The molecule has 0 aromatic heterocycles. The number of carbonyl (C=O) groups is 1. The lowest BCUT2D eigenvalue weighted by molar-refractivity contribution is -0.125. The highest BCUT2D eigenvalue weighted by molar-refractivity contribution is 7.92. The second-order valence-electron chi connectivity index (χ2n) is 6.20. The van der Waals surface area contributed by atoms with E-state index in [0.29, 0.717) is 12.8 Å². The summed E-state index contributed by atoms with van der Waals surface area (Å²) in [6.07, 6.45) is 2.17. The summed E-state index contributed by atoms with van der Waals surface area (Å²) in [6, 6.07) is -0.349. The van der Waals surface area contributed by atoms with Crippen LogP contribution in [0.1, 0.15) is 33.1 Å². The van der Waals surface area contributed by atoms with Crippen molar-refractivity contribution in [2.45, 2.75) is 44.4 Å². The van der Waals surface area contributed by atoms with Crippen LogP contribution >= 0.6 is 0 Å². The van der Waals surface area contributed by atoms with Crippen molar-refractivity contribution in [1.82, 2.24) is 4.90 Å². The van der Waals surface area contributed by atoms with Crippen molar-refractivity contribution >= 4 is 15.7 Å². The molecule has 0 bridgehead atoms. The standard InChI is InChI=1S/C12H24N2O3S/c1-12(2)6-5-9(13)10(7-12)18(16,17)8-11(15)14(3)4/h9-10H,5-8,13H2,1-4H3. The van der Waals surface area contributed by atoms with E-state index in [-0.39, 0.29) is 17.4 Å². The molecule has 0 saturated heterocycles. The maximum atomic E-state index is 12.3. The summed E-state index contributed by atoms with van der Waals surface area (Å²) in [5.74, 6) is -0.820. The zero-order chi connectivity index (χ0) is 14.1. The van der Waals surface area contributed by atoms with Crippen LogP contribution in [0.25, 0.3) is 0 Å². The molecule has 1 fully saturated rings. The van der Waals surface area contributed by atoms with E-state index in [2.05, 4.69) is 13.8 Å². The number of hydrogen-bond donors (Lipinski definition) is 1. The second-order valence-corrected chi connectivity index (χ2v) is 8.42. The number of amides is 1. The molecule has 0 spiro atoms. The minimum Gasteiger partial charge on any atom is -0.348 e. The third-order valence-corrected chi connectivity index (χ3v) is 5.76. The Morgan fingerprint density at radius 1 is 1.39 bits per heavy atom. The number of carbonyl (C=O) groups excluding carboxylic acids is 1. The first-order chi connectivity index (χ1) is 8.05. The SMILES string of the molecule is CN(C)C(=O)CS(=O)(=O)C1CC(C)(C)CCC1N. The monoisotopic (exact) mass is 276 g/mol. The van der Waals surface area contributed by atoms with E-state index in [4.69, 9.17) is 5.73 Å². The lowest BCUT2D eigenvalue weighted by Gasteiger charge is -2.38. The first kappa shape index (κ1) is 15.4. The molecular formula is C12H24N2O3S. The fraction of sp³-hybridized carbons (Fsp3) is 0.917. The first-order valence-corrected chi connectivity index (χ1v) is 7.94. The summed E-state index contributed by atoms with van der Waals surface area (Å²) < 4.78 is 24.5. The van der Waals surface area contributed by atoms with Gasteiger partial charge >= 0.3 is 0 Å². The molecule has 5 nitrogen and oxygen atoms in total. The largest absolute Gasteiger partial charge is 0.348 e. The van der Waals surface area contributed by atoms with E-state index in [1.54, 1.807) is 14.1 Å². The summed E-state index contributed by atoms with van der Waals surface area (Å²) in [6.45, 7) is 4.10. The highest BCUT2D eigenvalue weighted by Gasteiger charge is 2.41. The quantitative estimate of drug-likeness (QED) is 0.809. The maximum absolute atomic E-state index is 12.3. The first-order valence-electron chi connectivity index (χ1n) is 6.22. The van der Waals surface area contributed by atoms with Gasteiger partial charge in [-0.1, -0.05) is 13.8 Å². The van der Waals surface area contributed by atoms with Crippen LogP contribution in [0.3, 0.4) is 0 Å². The van der Waals surface area contributed by atoms with Crippen LogP contribution in [0.2, 0.25) is 0 Å². The van der Waals surface area contributed by atoms with Gasteiger partial charge in [-0.15, -0.1) is 0 Å². The van der Waals surface area contributed by atoms with Crippen molar-refractivity contribution in [3.05, 3.63) is 0 Å². The minimum absolute atomic E-state index is 0.0191. The van der Waals surface area contributed by atoms with Gasteiger partial charge in [-0.25, -0.2) is 8.42 Å². The average molecular weight is 276 g/mol. The average Bonchev–Trinajstić information content (AvgIpc) is 2.21. The normalized spacial score (nSPS) is 27.8. The molecule has 0 heterocycles. The molecule has 1 saturated carbocycles. The van der Waals surface area contributed by atoms with Crippen LogP contribution in [0.5, 0.6) is 0 Å². The Morgan fingerprint density at radius 2 is 1.94 bits per heavy atom. The number of sulfone groups is 1. The van der Waals surface area contributed by atoms with E-state index in [1.807, 2.05) is 0 Å². The summed E-state index contributed by atoms with van der Waals surface area (Å²) in [7, 11) is -0.348. The molecule has 0 radical (unpaired) electrons. The van der Waals surface area contributed by atoms with Gasteiger partial charge in [0.25, 0.3) is 0 Å². The van der Waals surface area contributed by atoms with E-state index >= 15 is 0 Å². The van der Waals surface area contributed by atoms with Crippen molar-refractivity contribution in [3.63, 3.8) is 0 Å². The van der Waals surface area contributed by atoms with Gasteiger partial charge in [-0.3, -0.25) is 4.79 Å². The molecule has 6 heteroatoms. The number of rotatable bonds is 3. The highest BCUT2D eigenvalue weighted by atomic mass is 32.2. The van der Waals surface area contributed by atoms with Gasteiger partial charge in [0.1, 0.15) is 5.75 Å². The van der Waals surface area contributed by atoms with Gasteiger partial charge in [0, 0.05) is 20.1 Å². The summed E-state index contributed by atoms with van der Waals surface area (Å²) in [5.41, 5.74) is 5.91. The van der Waals surface area contributed by atoms with Crippen LogP contribution in [0.15, 0.2) is 0 Å². The summed E-state index contributed by atoms with van der Waals surface area (Å²) in [5, 5.41) is -0.592. The fourth-order valence-electron chi connectivity index (χ4n) is 2.34. The van der Waals surface area contributed by atoms with Crippen LogP contribution in [-0.4, -0.2) is 50.4 Å². The van der Waals surface area contributed by atoms with Crippen molar-refractivity contribution in [1.29, 1.82) is 0 Å². The molecule has 0 aromatic rings. The Labute approximate surface area is 110 Å². The van der Waals surface area contributed by atoms with E-state index < -0.39 is 20.8 Å². The van der Waals surface area contributed by atoms with Crippen LogP contribution < -0.4 is 5.73 Å². The van der Waals surface area contributed by atoms with E-state index in [9.17, 15) is 13.2 Å². The van der Waals surface area contributed by atoms with Gasteiger partial charge in [-0.05, 0) is 24.7 Å². The maximum Gasteiger partial charge on any atom is 0.237 e. The third-order valence-electron chi connectivity index (χ3n) is 3.67. The smallest absolute Gasteiger partial charge is 0.237 e. The molecule has 2 N–H and O–H groups in total. The van der Waals surface area contributed by atoms with Crippen molar-refractivity contribution in [3.8, 4) is 0 Å². The lowest BCUT2D eigenvalue weighted by Crippen LogP contribution is -2.49. The Morgan fingerprint density at radius 3 is 2.44 bits per heavy atom. The number of hydrogen-bond acceptors (Lipinski definition) is 4. The molecule has 2 unspecified atom stereocenters. The minimum atomic E-state index is -3.46. The zero-order valence-electron chi connectivity index (χ0n) is 11.6. The van der Waals surface area contributed by atoms with Gasteiger partial charge in [0.2, 0.25) is 5.91 Å². The molecule has 1 aliphatic carbocycles. The van der Waals surface area contributed by atoms with Crippen LogP contribution in [0, 0.1) is 5.41 Å². The topological polar surface area (TPSA) is 80.5 Å². The molecule has 2 atom stereocenters. The molecule has 1 amide bonds. The van der Waals surface area contributed by atoms with Gasteiger partial charge in [0.05, 0.1) is 5.25 Å². The summed E-state index contributed by atoms with van der Waals surface area (Å²) in [4.78, 5) is 12.9. The number of nitrogens with two attached hydrogens (primary N) is 1. The molecule has 1 rings (SSSR count). The summed E-state index contributed by atoms with van der Waals surface area (Å²) >= 11 is 0. The third kappa shape index (κ3) is 3.68. The predicted molar refractivity (Wildman–Crippen MR) is 71.9 cm³/mol. The van der Waals surface area contributed by atoms with Crippen LogP contribution in [-0.2, 0) is 14.6 Å². The molecule has 0 aromatic carbocycles. The molecule has 106 valence electrons.